The third-order valence-corrected chi connectivity index (χ3v) is 2.92. The van der Waals surface area contributed by atoms with E-state index in [0.29, 0.717) is 11.1 Å². The van der Waals surface area contributed by atoms with Crippen molar-refractivity contribution in [2.24, 2.45) is 4.99 Å². The Labute approximate surface area is 100 Å². The summed E-state index contributed by atoms with van der Waals surface area (Å²) in [5, 5.41) is 0.272. The predicted molar refractivity (Wildman–Crippen MR) is 60.6 cm³/mol. The van der Waals surface area contributed by atoms with Crippen molar-refractivity contribution in [3.63, 3.8) is 0 Å². The van der Waals surface area contributed by atoms with Crippen molar-refractivity contribution in [2.45, 2.75) is 20.0 Å². The first-order chi connectivity index (χ1) is 8.36. The number of H-pyrrole nitrogens is 1. The molecule has 0 saturated heterocycles. The summed E-state index contributed by atoms with van der Waals surface area (Å²) < 4.78 is 38.5. The molecule has 0 spiro atoms. The van der Waals surface area contributed by atoms with E-state index in [-0.39, 0.29) is 5.39 Å². The summed E-state index contributed by atoms with van der Waals surface area (Å²) in [5.74, 6) is 0. The number of fused-ring (bicyclic) bond motifs is 1. The van der Waals surface area contributed by atoms with Crippen LogP contribution in [0.25, 0.3) is 10.9 Å². The minimum atomic E-state index is -4.59. The van der Waals surface area contributed by atoms with Gasteiger partial charge in [0, 0.05) is 5.39 Å². The van der Waals surface area contributed by atoms with Gasteiger partial charge in [-0.05, 0) is 25.0 Å². The van der Waals surface area contributed by atoms with E-state index in [1.807, 2.05) is 0 Å². The van der Waals surface area contributed by atoms with Crippen LogP contribution in [-0.4, -0.2) is 11.1 Å². The Balaban J connectivity index is 2.92. The highest BCUT2D eigenvalue weighted by Gasteiger charge is 2.37. The van der Waals surface area contributed by atoms with Gasteiger partial charge in [0.1, 0.15) is 11.4 Å². The zero-order valence-electron chi connectivity index (χ0n) is 9.64. The third-order valence-electron chi connectivity index (χ3n) is 2.92. The van der Waals surface area contributed by atoms with Gasteiger partial charge in [0.2, 0.25) is 6.08 Å². The van der Waals surface area contributed by atoms with Gasteiger partial charge in [-0.3, -0.25) is 0 Å². The highest BCUT2D eigenvalue weighted by atomic mass is 19.4. The number of hydrogen-bond acceptors (Lipinski definition) is 2. The van der Waals surface area contributed by atoms with Crippen molar-refractivity contribution < 1.29 is 18.0 Å². The van der Waals surface area contributed by atoms with Crippen LogP contribution in [0.3, 0.4) is 0 Å². The number of alkyl halides is 3. The number of isocyanates is 1. The highest BCUT2D eigenvalue weighted by Crippen LogP contribution is 2.41. The maximum Gasteiger partial charge on any atom is 0.433 e. The summed E-state index contributed by atoms with van der Waals surface area (Å²) in [7, 11) is 0. The Morgan fingerprint density at radius 1 is 1.28 bits per heavy atom. The van der Waals surface area contributed by atoms with Crippen LogP contribution < -0.4 is 0 Å². The van der Waals surface area contributed by atoms with E-state index in [4.69, 9.17) is 0 Å². The number of carbonyl (C=O) groups excluding carboxylic acids is 1. The summed E-state index contributed by atoms with van der Waals surface area (Å²) in [6.45, 7) is 3.51. The molecule has 1 aromatic carbocycles. The molecule has 1 heterocycles. The molecule has 0 aliphatic carbocycles. The zero-order chi connectivity index (χ0) is 13.5. The number of nitrogens with one attached hydrogen (secondary N) is 1. The molecule has 0 aliphatic heterocycles. The Hall–Kier alpha value is -2.07. The van der Waals surface area contributed by atoms with Crippen molar-refractivity contribution in [1.29, 1.82) is 0 Å². The molecule has 0 amide bonds. The van der Waals surface area contributed by atoms with Crippen LogP contribution in [-0.2, 0) is 11.0 Å². The number of aryl methyl sites for hydroxylation is 2. The van der Waals surface area contributed by atoms with Crippen molar-refractivity contribution >= 4 is 22.7 Å². The number of rotatable bonds is 1. The molecule has 0 saturated carbocycles. The number of aliphatic imine (C=N–C) groups is 1. The number of benzene rings is 1. The molecular weight excluding hydrogens is 245 g/mol. The molecule has 6 heteroatoms. The third kappa shape index (κ3) is 1.80. The first kappa shape index (κ1) is 12.4. The molecule has 94 valence electrons. The minimum absolute atomic E-state index is 0.272. The smallest absolute Gasteiger partial charge is 0.349 e. The van der Waals surface area contributed by atoms with Crippen molar-refractivity contribution in [1.82, 2.24) is 4.98 Å². The molecule has 18 heavy (non-hydrogen) atoms. The van der Waals surface area contributed by atoms with Crippen LogP contribution in [0.1, 0.15) is 16.8 Å². The normalized spacial score (nSPS) is 11.6. The molecule has 3 nitrogen and oxygen atoms in total. The average Bonchev–Trinajstić information content (AvgIpc) is 2.64. The van der Waals surface area contributed by atoms with Gasteiger partial charge in [0.15, 0.2) is 0 Å². The number of nitrogens with zero attached hydrogens (tertiary/aromatic N) is 1. The summed E-state index contributed by atoms with van der Waals surface area (Å²) in [6.07, 6.45) is -3.42. The van der Waals surface area contributed by atoms with Gasteiger partial charge in [-0.25, -0.2) is 4.79 Å². The summed E-state index contributed by atoms with van der Waals surface area (Å²) in [6, 6.07) is 3.20. The second kappa shape index (κ2) is 3.99. The van der Waals surface area contributed by atoms with Gasteiger partial charge in [-0.1, -0.05) is 12.1 Å². The fraction of sp³-hybridized carbons (Fsp3) is 0.250. The van der Waals surface area contributed by atoms with E-state index < -0.39 is 17.6 Å². The highest BCUT2D eigenvalue weighted by molar-refractivity contribution is 5.96. The van der Waals surface area contributed by atoms with E-state index in [0.717, 1.165) is 11.6 Å². The van der Waals surface area contributed by atoms with Crippen molar-refractivity contribution in [2.75, 3.05) is 0 Å². The topological polar surface area (TPSA) is 45.2 Å². The van der Waals surface area contributed by atoms with Crippen LogP contribution >= 0.6 is 0 Å². The summed E-state index contributed by atoms with van der Waals surface area (Å²) >= 11 is 0. The van der Waals surface area contributed by atoms with Gasteiger partial charge < -0.3 is 4.98 Å². The molecule has 2 rings (SSSR count). The lowest BCUT2D eigenvalue weighted by molar-refractivity contribution is -0.140. The molecule has 1 aromatic heterocycles. The Morgan fingerprint density at radius 2 is 1.94 bits per heavy atom. The first-order valence-electron chi connectivity index (χ1n) is 5.13. The SMILES string of the molecule is Cc1ccc2c(N=C=O)c(C(F)(F)F)[nH]c2c1C. The van der Waals surface area contributed by atoms with Crippen LogP contribution in [0, 0.1) is 13.8 Å². The van der Waals surface area contributed by atoms with E-state index in [1.54, 1.807) is 19.9 Å². The van der Waals surface area contributed by atoms with Crippen LogP contribution in [0.5, 0.6) is 0 Å². The summed E-state index contributed by atoms with van der Waals surface area (Å²) in [5.41, 5.74) is 0.478. The van der Waals surface area contributed by atoms with Gasteiger partial charge in [-0.2, -0.15) is 18.2 Å². The lowest BCUT2D eigenvalue weighted by Gasteiger charge is -2.03. The van der Waals surface area contributed by atoms with Crippen LogP contribution in [0.4, 0.5) is 18.9 Å². The predicted octanol–water partition coefficient (Wildman–Crippen LogP) is 3.77. The lowest BCUT2D eigenvalue weighted by Crippen LogP contribution is -2.05. The first-order valence-corrected chi connectivity index (χ1v) is 5.13. The standard InChI is InChI=1S/C12H9F3N2O/c1-6-3-4-8-9(7(6)2)17-11(12(13,14)15)10(8)16-5-18/h3-4,17H,1-2H3. The number of halogens is 3. The van der Waals surface area contributed by atoms with Gasteiger partial charge in [0.05, 0.1) is 5.52 Å². The molecule has 1 N–H and O–H groups in total. The molecule has 0 bridgehead atoms. The maximum absolute atomic E-state index is 12.8. The van der Waals surface area contributed by atoms with Crippen molar-refractivity contribution in [3.05, 3.63) is 29.0 Å². The molecule has 0 aliphatic rings. The van der Waals surface area contributed by atoms with Crippen LogP contribution in [0.15, 0.2) is 17.1 Å². The average molecular weight is 254 g/mol. The molecule has 0 radical (unpaired) electrons. The maximum atomic E-state index is 12.8. The fourth-order valence-electron chi connectivity index (χ4n) is 1.86. The number of aromatic nitrogens is 1. The molecule has 0 atom stereocenters. The minimum Gasteiger partial charge on any atom is -0.349 e. The molecule has 2 aromatic rings. The summed E-state index contributed by atoms with van der Waals surface area (Å²) in [4.78, 5) is 15.7. The zero-order valence-corrected chi connectivity index (χ0v) is 9.64. The van der Waals surface area contributed by atoms with Gasteiger partial charge in [0.25, 0.3) is 0 Å². The van der Waals surface area contributed by atoms with Crippen LogP contribution in [0.2, 0.25) is 0 Å². The molecular formula is C12H9F3N2O. The quantitative estimate of drug-likeness (QED) is 0.611. The number of aromatic amines is 1. The largest absolute Gasteiger partial charge is 0.433 e. The van der Waals surface area contributed by atoms with Gasteiger partial charge in [-0.15, -0.1) is 0 Å². The Kier molecular flexibility index (Phi) is 2.75. The van der Waals surface area contributed by atoms with E-state index in [9.17, 15) is 18.0 Å². The van der Waals surface area contributed by atoms with Crippen molar-refractivity contribution in [3.8, 4) is 0 Å². The molecule has 0 fully saturated rings. The second-order valence-electron chi connectivity index (χ2n) is 3.98. The van der Waals surface area contributed by atoms with E-state index in [2.05, 4.69) is 9.98 Å². The lowest BCUT2D eigenvalue weighted by atomic mass is 10.1. The van der Waals surface area contributed by atoms with Gasteiger partial charge >= 0.3 is 6.18 Å². The Morgan fingerprint density at radius 3 is 2.50 bits per heavy atom. The number of hydrogen-bond donors (Lipinski definition) is 1. The molecule has 0 unspecified atom stereocenters. The fourth-order valence-corrected chi connectivity index (χ4v) is 1.86. The monoisotopic (exact) mass is 254 g/mol. The van der Waals surface area contributed by atoms with E-state index >= 15 is 0 Å². The Bertz CT molecular complexity index is 664. The second-order valence-corrected chi connectivity index (χ2v) is 3.98. The van der Waals surface area contributed by atoms with E-state index in [1.165, 1.54) is 6.07 Å².